The molecule has 0 radical (unpaired) electrons. The first kappa shape index (κ1) is 18.2. The molecule has 0 unspecified atom stereocenters. The quantitative estimate of drug-likeness (QED) is 0.825. The van der Waals surface area contributed by atoms with Crippen LogP contribution in [0.5, 0.6) is 0 Å². The number of hydrogen-bond acceptors (Lipinski definition) is 3. The molecule has 3 rings (SSSR count). The second-order valence-electron chi connectivity index (χ2n) is 6.99. The summed E-state index contributed by atoms with van der Waals surface area (Å²) in [6.07, 6.45) is 5.17. The Balaban J connectivity index is 1.93. The van der Waals surface area contributed by atoms with Gasteiger partial charge in [0.25, 0.3) is 0 Å². The molecule has 1 aliphatic rings. The molecule has 2 aromatic rings. The van der Waals surface area contributed by atoms with Crippen molar-refractivity contribution in [1.29, 1.82) is 0 Å². The maximum atomic E-state index is 13.3. The van der Waals surface area contributed by atoms with Crippen molar-refractivity contribution in [2.24, 2.45) is 5.92 Å². The molecule has 4 heteroatoms. The summed E-state index contributed by atoms with van der Waals surface area (Å²) >= 11 is 0. The highest BCUT2D eigenvalue weighted by molar-refractivity contribution is 7.92. The monoisotopic (exact) mass is 358 g/mol. The van der Waals surface area contributed by atoms with Gasteiger partial charge in [0.1, 0.15) is 0 Å². The van der Waals surface area contributed by atoms with Crippen molar-refractivity contribution in [1.82, 2.24) is 0 Å². The minimum Gasteiger partial charge on any atom is -0.387 e. The fourth-order valence-corrected chi connectivity index (χ4v) is 5.73. The third kappa shape index (κ3) is 4.31. The van der Waals surface area contributed by atoms with Crippen molar-refractivity contribution in [2.75, 3.05) is 0 Å². The summed E-state index contributed by atoms with van der Waals surface area (Å²) in [6, 6.07) is 17.7. The van der Waals surface area contributed by atoms with E-state index in [-0.39, 0.29) is 0 Å². The Hall–Kier alpha value is -1.65. The summed E-state index contributed by atoms with van der Waals surface area (Å²) in [5.74, 6) is 0.371. The van der Waals surface area contributed by atoms with E-state index < -0.39 is 21.2 Å². The van der Waals surface area contributed by atoms with Gasteiger partial charge in [0.05, 0.1) is 16.2 Å². The Morgan fingerprint density at radius 2 is 1.44 bits per heavy atom. The van der Waals surface area contributed by atoms with Crippen molar-refractivity contribution in [3.63, 3.8) is 0 Å². The summed E-state index contributed by atoms with van der Waals surface area (Å²) < 4.78 is 26.5. The third-order valence-corrected chi connectivity index (χ3v) is 7.43. The van der Waals surface area contributed by atoms with E-state index in [4.69, 9.17) is 0 Å². The zero-order chi connectivity index (χ0) is 17.7. The zero-order valence-electron chi connectivity index (χ0n) is 14.4. The lowest BCUT2D eigenvalue weighted by molar-refractivity contribution is 0.154. The predicted molar refractivity (Wildman–Crippen MR) is 100 cm³/mol. The Labute approximate surface area is 150 Å². The average Bonchev–Trinajstić information content (AvgIpc) is 2.67. The van der Waals surface area contributed by atoms with Gasteiger partial charge in [0.15, 0.2) is 9.84 Å². The molecule has 1 fully saturated rings. The first-order valence-electron chi connectivity index (χ1n) is 9.11. The SMILES string of the molecule is O=S(=O)(c1ccccc1)[C@@H](CC1CCCCC1)[C@H](O)c1ccccc1. The van der Waals surface area contributed by atoms with E-state index in [1.807, 2.05) is 24.3 Å². The Morgan fingerprint density at radius 3 is 2.04 bits per heavy atom. The highest BCUT2D eigenvalue weighted by Gasteiger charge is 2.36. The van der Waals surface area contributed by atoms with Gasteiger partial charge >= 0.3 is 0 Å². The van der Waals surface area contributed by atoms with Crippen molar-refractivity contribution in [2.45, 2.75) is 54.8 Å². The van der Waals surface area contributed by atoms with Gasteiger partial charge in [-0.2, -0.15) is 0 Å². The second kappa shape index (κ2) is 8.15. The lowest BCUT2D eigenvalue weighted by Gasteiger charge is -2.29. The average molecular weight is 359 g/mol. The molecular weight excluding hydrogens is 332 g/mol. The maximum Gasteiger partial charge on any atom is 0.184 e. The van der Waals surface area contributed by atoms with Crippen molar-refractivity contribution >= 4 is 9.84 Å². The van der Waals surface area contributed by atoms with Crippen LogP contribution < -0.4 is 0 Å². The molecule has 0 bridgehead atoms. The van der Waals surface area contributed by atoms with Gasteiger partial charge < -0.3 is 5.11 Å². The first-order valence-corrected chi connectivity index (χ1v) is 10.7. The van der Waals surface area contributed by atoms with E-state index in [1.165, 1.54) is 6.42 Å². The largest absolute Gasteiger partial charge is 0.387 e. The normalized spacial score (nSPS) is 18.6. The second-order valence-corrected chi connectivity index (χ2v) is 9.16. The van der Waals surface area contributed by atoms with Crippen molar-refractivity contribution in [3.8, 4) is 0 Å². The number of aliphatic hydroxyl groups excluding tert-OH is 1. The molecule has 2 atom stereocenters. The van der Waals surface area contributed by atoms with E-state index in [9.17, 15) is 13.5 Å². The van der Waals surface area contributed by atoms with Crippen LogP contribution in [0.15, 0.2) is 65.6 Å². The van der Waals surface area contributed by atoms with Crippen LogP contribution in [-0.2, 0) is 9.84 Å². The van der Waals surface area contributed by atoms with Gasteiger partial charge in [0.2, 0.25) is 0 Å². The van der Waals surface area contributed by atoms with Crippen molar-refractivity contribution < 1.29 is 13.5 Å². The molecule has 0 saturated heterocycles. The lowest BCUT2D eigenvalue weighted by atomic mass is 9.84. The van der Waals surface area contributed by atoms with E-state index in [0.717, 1.165) is 25.7 Å². The molecule has 134 valence electrons. The van der Waals surface area contributed by atoms with E-state index in [1.54, 1.807) is 36.4 Å². The van der Waals surface area contributed by atoms with E-state index >= 15 is 0 Å². The minimum atomic E-state index is -3.60. The minimum absolute atomic E-state index is 0.297. The molecule has 2 aromatic carbocycles. The van der Waals surface area contributed by atoms with Crippen LogP contribution in [0.1, 0.15) is 50.2 Å². The molecule has 0 amide bonds. The van der Waals surface area contributed by atoms with E-state index in [0.29, 0.717) is 22.8 Å². The van der Waals surface area contributed by atoms with Crippen LogP contribution in [0.4, 0.5) is 0 Å². The molecule has 0 aliphatic heterocycles. The highest BCUT2D eigenvalue weighted by Crippen LogP contribution is 2.36. The van der Waals surface area contributed by atoms with Crippen LogP contribution in [0.3, 0.4) is 0 Å². The highest BCUT2D eigenvalue weighted by atomic mass is 32.2. The fraction of sp³-hybridized carbons (Fsp3) is 0.429. The topological polar surface area (TPSA) is 54.4 Å². The number of rotatable bonds is 6. The lowest BCUT2D eigenvalue weighted by Crippen LogP contribution is -2.31. The predicted octanol–water partition coefficient (Wildman–Crippen LogP) is 4.53. The number of hydrogen-bond donors (Lipinski definition) is 1. The van der Waals surface area contributed by atoms with Gasteiger partial charge in [-0.05, 0) is 30.0 Å². The molecule has 0 spiro atoms. The molecule has 3 nitrogen and oxygen atoms in total. The Kier molecular flexibility index (Phi) is 5.92. The number of aliphatic hydroxyl groups is 1. The first-order chi connectivity index (χ1) is 12.1. The van der Waals surface area contributed by atoms with Gasteiger partial charge in [-0.15, -0.1) is 0 Å². The van der Waals surface area contributed by atoms with Crippen LogP contribution in [0.2, 0.25) is 0 Å². The van der Waals surface area contributed by atoms with Gasteiger partial charge in [-0.3, -0.25) is 0 Å². The summed E-state index contributed by atoms with van der Waals surface area (Å²) in [6.45, 7) is 0. The molecule has 0 aromatic heterocycles. The molecular formula is C21H26O3S. The van der Waals surface area contributed by atoms with Gasteiger partial charge in [0, 0.05) is 0 Å². The Morgan fingerprint density at radius 1 is 0.880 bits per heavy atom. The number of benzene rings is 2. The van der Waals surface area contributed by atoms with Gasteiger partial charge in [-0.1, -0.05) is 80.6 Å². The zero-order valence-corrected chi connectivity index (χ0v) is 15.2. The third-order valence-electron chi connectivity index (χ3n) is 5.25. The van der Waals surface area contributed by atoms with Crippen LogP contribution in [-0.4, -0.2) is 18.8 Å². The number of sulfone groups is 1. The van der Waals surface area contributed by atoms with Gasteiger partial charge in [-0.25, -0.2) is 8.42 Å². The van der Waals surface area contributed by atoms with Crippen LogP contribution in [0.25, 0.3) is 0 Å². The fourth-order valence-electron chi connectivity index (χ4n) is 3.83. The van der Waals surface area contributed by atoms with Crippen LogP contribution >= 0.6 is 0 Å². The molecule has 25 heavy (non-hydrogen) atoms. The molecule has 1 saturated carbocycles. The smallest absolute Gasteiger partial charge is 0.184 e. The molecule has 1 aliphatic carbocycles. The summed E-state index contributed by atoms with van der Waals surface area (Å²) in [7, 11) is -3.60. The molecule has 0 heterocycles. The molecule has 1 N–H and O–H groups in total. The van der Waals surface area contributed by atoms with E-state index in [2.05, 4.69) is 0 Å². The summed E-state index contributed by atoms with van der Waals surface area (Å²) in [5, 5.41) is 10.1. The standard InChI is InChI=1S/C21H26O3S/c22-21(18-12-6-2-7-13-18)20(16-17-10-4-1-5-11-17)25(23,24)19-14-8-3-9-15-19/h2-3,6-9,12-15,17,20-22H,1,4-5,10-11,16H2/t20-,21+/m0/s1. The Bertz CT molecular complexity index is 750. The van der Waals surface area contributed by atoms with Crippen molar-refractivity contribution in [3.05, 3.63) is 66.2 Å². The maximum absolute atomic E-state index is 13.3. The van der Waals surface area contributed by atoms with Crippen LogP contribution in [0, 0.1) is 5.92 Å². The summed E-state index contributed by atoms with van der Waals surface area (Å²) in [5.41, 5.74) is 0.669. The summed E-state index contributed by atoms with van der Waals surface area (Å²) in [4.78, 5) is 0.297.